The fourth-order valence-corrected chi connectivity index (χ4v) is 2.65. The number of carbonyl (C=O) groups is 1. The molecule has 2 rings (SSSR count). The van der Waals surface area contributed by atoms with Gasteiger partial charge in [0.2, 0.25) is 5.76 Å². The van der Waals surface area contributed by atoms with E-state index in [1.165, 1.54) is 14.2 Å². The number of furan rings is 1. The summed E-state index contributed by atoms with van der Waals surface area (Å²) in [5.74, 6) is 0.0461. The Hall–Kier alpha value is -1.82. The summed E-state index contributed by atoms with van der Waals surface area (Å²) in [5.41, 5.74) is 0.519. The fourth-order valence-electron chi connectivity index (χ4n) is 1.82. The molecule has 0 fully saturated rings. The zero-order valence-electron chi connectivity index (χ0n) is 12.5. The molecule has 120 valence electrons. The van der Waals surface area contributed by atoms with Crippen LogP contribution in [-0.2, 0) is 18.3 Å². The number of methoxy groups -OCH3 is 1. The Morgan fingerprint density at radius 3 is 2.55 bits per heavy atom. The van der Waals surface area contributed by atoms with Crippen LogP contribution in [0.5, 0.6) is 5.75 Å². The number of hydrogen-bond donors (Lipinski definition) is 0. The third kappa shape index (κ3) is 3.68. The first kappa shape index (κ1) is 16.5. The van der Waals surface area contributed by atoms with Crippen molar-refractivity contribution in [2.24, 2.45) is 0 Å². The van der Waals surface area contributed by atoms with Gasteiger partial charge in [0.1, 0.15) is 17.9 Å². The zero-order chi connectivity index (χ0) is 16.2. The Balaban J connectivity index is 2.02. The van der Waals surface area contributed by atoms with E-state index >= 15 is 0 Å². The van der Waals surface area contributed by atoms with Crippen LogP contribution in [0, 0.1) is 0 Å². The molecule has 0 bridgehead atoms. The quantitative estimate of drug-likeness (QED) is 0.570. The molecular formula is C14H17O7P. The van der Waals surface area contributed by atoms with E-state index in [0.29, 0.717) is 11.3 Å². The molecule has 0 N–H and O–H groups in total. The van der Waals surface area contributed by atoms with Crippen molar-refractivity contribution in [1.82, 2.24) is 0 Å². The minimum absolute atomic E-state index is 0.0280. The Morgan fingerprint density at radius 2 is 1.91 bits per heavy atom. The first-order valence-electron chi connectivity index (χ1n) is 6.46. The maximum absolute atomic E-state index is 11.9. The first-order valence-corrected chi connectivity index (χ1v) is 8.19. The molecule has 0 radical (unpaired) electrons. The number of fused-ring (bicyclic) bond motifs is 1. The second-order valence-electron chi connectivity index (χ2n) is 4.35. The van der Waals surface area contributed by atoms with Crippen LogP contribution in [0.15, 0.2) is 28.7 Å². The minimum Gasteiger partial charge on any atom is -0.497 e. The molecule has 1 aromatic heterocycles. The van der Waals surface area contributed by atoms with E-state index < -0.39 is 13.6 Å². The van der Waals surface area contributed by atoms with Gasteiger partial charge >= 0.3 is 13.6 Å². The molecule has 0 saturated heterocycles. The van der Waals surface area contributed by atoms with Crippen molar-refractivity contribution in [3.05, 3.63) is 30.0 Å². The maximum atomic E-state index is 11.9. The van der Waals surface area contributed by atoms with Crippen molar-refractivity contribution < 1.29 is 32.3 Å². The van der Waals surface area contributed by atoms with Crippen molar-refractivity contribution in [2.45, 2.75) is 0 Å². The smallest absolute Gasteiger partial charge is 0.374 e. The third-order valence-corrected chi connectivity index (χ3v) is 4.93. The highest BCUT2D eigenvalue weighted by Crippen LogP contribution is 2.45. The fraction of sp³-hybridized carbons (Fsp3) is 0.357. The van der Waals surface area contributed by atoms with E-state index in [1.54, 1.807) is 31.4 Å². The summed E-state index contributed by atoms with van der Waals surface area (Å²) in [6.07, 6.45) is -0.0280. The molecule has 0 saturated carbocycles. The monoisotopic (exact) mass is 328 g/mol. The summed E-state index contributed by atoms with van der Waals surface area (Å²) < 4.78 is 36.8. The summed E-state index contributed by atoms with van der Waals surface area (Å²) in [6, 6.07) is 6.79. The van der Waals surface area contributed by atoms with Gasteiger partial charge in [0, 0.05) is 25.7 Å². The second-order valence-corrected chi connectivity index (χ2v) is 6.75. The Morgan fingerprint density at radius 1 is 1.18 bits per heavy atom. The number of benzene rings is 1. The minimum atomic E-state index is -3.19. The standard InChI is InChI=1S/C14H17O7P/c1-17-11-5-4-10-8-13(21-12(10)9-11)14(15)20-6-7-22(16,18-2)19-3/h4-5,8-9H,6-7H2,1-3H3. The molecule has 0 amide bonds. The van der Waals surface area contributed by atoms with Gasteiger partial charge in [-0.1, -0.05) is 0 Å². The van der Waals surface area contributed by atoms with Crippen LogP contribution in [0.25, 0.3) is 11.0 Å². The molecule has 0 aliphatic carbocycles. The lowest BCUT2D eigenvalue weighted by atomic mass is 10.2. The largest absolute Gasteiger partial charge is 0.497 e. The summed E-state index contributed by atoms with van der Waals surface area (Å²) in [7, 11) is 0.906. The predicted molar refractivity (Wildman–Crippen MR) is 79.5 cm³/mol. The molecule has 7 nitrogen and oxygen atoms in total. The van der Waals surface area contributed by atoms with E-state index in [0.717, 1.165) is 5.39 Å². The molecule has 1 aromatic carbocycles. The Labute approximate surface area is 127 Å². The highest BCUT2D eigenvalue weighted by Gasteiger charge is 2.22. The highest BCUT2D eigenvalue weighted by molar-refractivity contribution is 7.53. The van der Waals surface area contributed by atoms with Crippen LogP contribution in [0.4, 0.5) is 0 Å². The van der Waals surface area contributed by atoms with Crippen LogP contribution in [0.2, 0.25) is 0 Å². The van der Waals surface area contributed by atoms with Crippen molar-refractivity contribution in [3.63, 3.8) is 0 Å². The molecule has 8 heteroatoms. The Kier molecular flexibility index (Phi) is 5.24. The maximum Gasteiger partial charge on any atom is 0.374 e. The van der Waals surface area contributed by atoms with Crippen molar-refractivity contribution in [1.29, 1.82) is 0 Å². The van der Waals surface area contributed by atoms with E-state index in [-0.39, 0.29) is 18.5 Å². The molecule has 0 atom stereocenters. The molecule has 22 heavy (non-hydrogen) atoms. The average Bonchev–Trinajstić information content (AvgIpc) is 2.97. The van der Waals surface area contributed by atoms with E-state index in [1.807, 2.05) is 0 Å². The number of hydrogen-bond acceptors (Lipinski definition) is 7. The number of rotatable bonds is 7. The van der Waals surface area contributed by atoms with Gasteiger partial charge in [0.25, 0.3) is 0 Å². The van der Waals surface area contributed by atoms with Gasteiger partial charge in [0.05, 0.1) is 13.3 Å². The summed E-state index contributed by atoms with van der Waals surface area (Å²) >= 11 is 0. The SMILES string of the molecule is COc1ccc2cc(C(=O)OCCP(=O)(OC)OC)oc2c1. The van der Waals surface area contributed by atoms with Gasteiger partial charge in [0.15, 0.2) is 0 Å². The highest BCUT2D eigenvalue weighted by atomic mass is 31.2. The average molecular weight is 328 g/mol. The number of carbonyl (C=O) groups excluding carboxylic acids is 1. The molecular weight excluding hydrogens is 311 g/mol. The summed E-state index contributed by atoms with van der Waals surface area (Å²) in [5, 5.41) is 0.757. The lowest BCUT2D eigenvalue weighted by molar-refractivity contribution is 0.0490. The van der Waals surface area contributed by atoms with Gasteiger partial charge in [-0.25, -0.2) is 4.79 Å². The predicted octanol–water partition coefficient (Wildman–Crippen LogP) is 3.08. The van der Waals surface area contributed by atoms with E-state index in [2.05, 4.69) is 0 Å². The first-order chi connectivity index (χ1) is 10.5. The van der Waals surface area contributed by atoms with Gasteiger partial charge in [-0.2, -0.15) is 0 Å². The van der Waals surface area contributed by atoms with Gasteiger partial charge in [-0.3, -0.25) is 4.57 Å². The molecule has 1 heterocycles. The van der Waals surface area contributed by atoms with Gasteiger partial charge in [-0.15, -0.1) is 0 Å². The number of ether oxygens (including phenoxy) is 2. The third-order valence-electron chi connectivity index (χ3n) is 3.08. The Bertz CT molecular complexity index is 698. The molecule has 2 aromatic rings. The van der Waals surface area contributed by atoms with Crippen LogP contribution in [0.1, 0.15) is 10.6 Å². The lowest BCUT2D eigenvalue weighted by Crippen LogP contribution is -2.09. The zero-order valence-corrected chi connectivity index (χ0v) is 13.4. The van der Waals surface area contributed by atoms with Gasteiger partial charge in [-0.05, 0) is 18.2 Å². The van der Waals surface area contributed by atoms with E-state index in [9.17, 15) is 9.36 Å². The normalized spacial score (nSPS) is 11.6. The van der Waals surface area contributed by atoms with Gasteiger partial charge < -0.3 is 22.9 Å². The molecule has 0 aliphatic rings. The lowest BCUT2D eigenvalue weighted by Gasteiger charge is -2.12. The van der Waals surface area contributed by atoms with Crippen molar-refractivity contribution in [2.75, 3.05) is 34.1 Å². The molecule has 0 spiro atoms. The van der Waals surface area contributed by atoms with Crippen LogP contribution < -0.4 is 4.74 Å². The topological polar surface area (TPSA) is 84.2 Å². The molecule has 0 aliphatic heterocycles. The van der Waals surface area contributed by atoms with Crippen LogP contribution in [0.3, 0.4) is 0 Å². The van der Waals surface area contributed by atoms with E-state index in [4.69, 9.17) is 22.9 Å². The second kappa shape index (κ2) is 6.96. The van der Waals surface area contributed by atoms with Crippen molar-refractivity contribution >= 4 is 24.5 Å². The number of esters is 1. The summed E-state index contributed by atoms with van der Waals surface area (Å²) in [4.78, 5) is 11.9. The van der Waals surface area contributed by atoms with Crippen LogP contribution in [-0.4, -0.2) is 40.1 Å². The van der Waals surface area contributed by atoms with Crippen LogP contribution >= 0.6 is 7.60 Å². The van der Waals surface area contributed by atoms with Crippen molar-refractivity contribution in [3.8, 4) is 5.75 Å². The molecule has 0 unspecified atom stereocenters. The summed E-state index contributed by atoms with van der Waals surface area (Å²) in [6.45, 7) is -0.0991.